The van der Waals surface area contributed by atoms with Crippen molar-refractivity contribution in [3.8, 4) is 11.5 Å². The summed E-state index contributed by atoms with van der Waals surface area (Å²) in [5.41, 5.74) is 0.964. The van der Waals surface area contributed by atoms with Crippen molar-refractivity contribution in [1.82, 2.24) is 10.2 Å². The summed E-state index contributed by atoms with van der Waals surface area (Å²) >= 11 is 0. The van der Waals surface area contributed by atoms with Gasteiger partial charge in [-0.25, -0.2) is 0 Å². The van der Waals surface area contributed by atoms with Gasteiger partial charge in [0, 0.05) is 7.05 Å². The Morgan fingerprint density at radius 2 is 2.00 bits per heavy atom. The summed E-state index contributed by atoms with van der Waals surface area (Å²) < 4.78 is 11.6. The number of hydrogen-bond acceptors (Lipinski definition) is 5. The van der Waals surface area contributed by atoms with Crippen LogP contribution in [0, 0.1) is 0 Å². The zero-order valence-corrected chi connectivity index (χ0v) is 11.4. The average Bonchev–Trinajstić information content (AvgIpc) is 2.53. The van der Waals surface area contributed by atoms with Gasteiger partial charge in [0.05, 0.1) is 5.69 Å². The van der Waals surface area contributed by atoms with Crippen molar-refractivity contribution >= 4 is 5.82 Å². The molecule has 1 atom stereocenters. The van der Waals surface area contributed by atoms with Crippen LogP contribution in [0.3, 0.4) is 0 Å². The van der Waals surface area contributed by atoms with Crippen molar-refractivity contribution in [1.29, 1.82) is 0 Å². The van der Waals surface area contributed by atoms with E-state index in [1.165, 1.54) is 0 Å². The fourth-order valence-electron chi connectivity index (χ4n) is 2.14. The first kappa shape index (κ1) is 12.7. The van der Waals surface area contributed by atoms with Crippen LogP contribution in [0.15, 0.2) is 36.4 Å². The van der Waals surface area contributed by atoms with Crippen LogP contribution in [0.2, 0.25) is 0 Å². The predicted octanol–water partition coefficient (Wildman–Crippen LogP) is 2.29. The molecule has 0 saturated heterocycles. The molecule has 104 valence electrons. The van der Waals surface area contributed by atoms with Gasteiger partial charge in [-0.15, -0.1) is 5.10 Å². The van der Waals surface area contributed by atoms with Crippen LogP contribution in [0.5, 0.6) is 11.5 Å². The number of fused-ring (bicyclic) bond motifs is 1. The lowest BCUT2D eigenvalue weighted by molar-refractivity contribution is 0.0849. The maximum absolute atomic E-state index is 5.91. The highest BCUT2D eigenvalue weighted by molar-refractivity contribution is 5.40. The van der Waals surface area contributed by atoms with Gasteiger partial charge in [0.25, 0.3) is 0 Å². The summed E-state index contributed by atoms with van der Waals surface area (Å²) in [5, 5.41) is 11.2. The Balaban J connectivity index is 1.57. The van der Waals surface area contributed by atoms with Crippen LogP contribution >= 0.6 is 0 Å². The molecule has 2 aromatic rings. The molecule has 1 aromatic heterocycles. The third-order valence-corrected chi connectivity index (χ3v) is 3.27. The van der Waals surface area contributed by atoms with Crippen LogP contribution < -0.4 is 14.8 Å². The minimum Gasteiger partial charge on any atom is -0.486 e. The van der Waals surface area contributed by atoms with Crippen molar-refractivity contribution in [2.45, 2.75) is 18.9 Å². The van der Waals surface area contributed by atoms with Gasteiger partial charge in [0.1, 0.15) is 18.5 Å². The van der Waals surface area contributed by atoms with E-state index < -0.39 is 0 Å². The summed E-state index contributed by atoms with van der Waals surface area (Å²) in [6.45, 7) is 0.582. The summed E-state index contributed by atoms with van der Waals surface area (Å²) in [5.74, 6) is 2.42. The molecule has 0 aliphatic carbocycles. The molecule has 1 N–H and O–H groups in total. The van der Waals surface area contributed by atoms with Gasteiger partial charge in [0.2, 0.25) is 0 Å². The van der Waals surface area contributed by atoms with Crippen LogP contribution in [-0.4, -0.2) is 30.0 Å². The number of anilines is 1. The third-order valence-electron chi connectivity index (χ3n) is 3.27. The molecule has 0 saturated carbocycles. The number of aromatic nitrogens is 2. The molecule has 0 unspecified atom stereocenters. The SMILES string of the molecule is CNc1ccc(CC[C@@H]2COc3ccccc3O2)nn1. The van der Waals surface area contributed by atoms with E-state index in [1.807, 2.05) is 43.4 Å². The number of nitrogens with zero attached hydrogens (tertiary/aromatic N) is 2. The lowest BCUT2D eigenvalue weighted by Crippen LogP contribution is -2.29. The lowest BCUT2D eigenvalue weighted by Gasteiger charge is -2.26. The molecule has 0 amide bonds. The molecule has 20 heavy (non-hydrogen) atoms. The largest absolute Gasteiger partial charge is 0.486 e. The van der Waals surface area contributed by atoms with E-state index in [0.717, 1.165) is 35.9 Å². The molecule has 3 rings (SSSR count). The van der Waals surface area contributed by atoms with E-state index in [-0.39, 0.29) is 6.10 Å². The summed E-state index contributed by atoms with van der Waals surface area (Å²) in [7, 11) is 1.83. The Labute approximate surface area is 117 Å². The van der Waals surface area contributed by atoms with Crippen LogP contribution in [0.4, 0.5) is 5.82 Å². The molecule has 5 nitrogen and oxygen atoms in total. The number of nitrogens with one attached hydrogen (secondary N) is 1. The Morgan fingerprint density at radius 1 is 1.15 bits per heavy atom. The number of aryl methyl sites for hydroxylation is 1. The predicted molar refractivity (Wildman–Crippen MR) is 76.3 cm³/mol. The molecular weight excluding hydrogens is 254 g/mol. The van der Waals surface area contributed by atoms with E-state index >= 15 is 0 Å². The molecule has 0 fully saturated rings. The molecule has 1 aliphatic heterocycles. The van der Waals surface area contributed by atoms with Crippen molar-refractivity contribution in [3.05, 3.63) is 42.1 Å². The standard InChI is InChI=1S/C15H17N3O2/c1-16-15-9-7-11(17-18-15)6-8-12-10-19-13-4-2-3-5-14(13)20-12/h2-5,7,9,12H,6,8,10H2,1H3,(H,16,18)/t12-/m1/s1. The van der Waals surface area contributed by atoms with E-state index in [1.54, 1.807) is 0 Å². The smallest absolute Gasteiger partial charge is 0.161 e. The Hall–Kier alpha value is -2.30. The van der Waals surface area contributed by atoms with Crippen molar-refractivity contribution in [2.75, 3.05) is 19.0 Å². The molecule has 1 aliphatic rings. The second-order valence-electron chi connectivity index (χ2n) is 4.70. The quantitative estimate of drug-likeness (QED) is 0.924. The fourth-order valence-corrected chi connectivity index (χ4v) is 2.14. The highest BCUT2D eigenvalue weighted by Crippen LogP contribution is 2.31. The molecule has 1 aromatic carbocycles. The van der Waals surface area contributed by atoms with Crippen molar-refractivity contribution in [2.24, 2.45) is 0 Å². The van der Waals surface area contributed by atoms with Crippen LogP contribution in [0.25, 0.3) is 0 Å². The first-order valence-corrected chi connectivity index (χ1v) is 6.74. The highest BCUT2D eigenvalue weighted by atomic mass is 16.6. The number of benzene rings is 1. The Kier molecular flexibility index (Phi) is 3.67. The van der Waals surface area contributed by atoms with Crippen LogP contribution in [-0.2, 0) is 6.42 Å². The summed E-state index contributed by atoms with van der Waals surface area (Å²) in [4.78, 5) is 0. The maximum Gasteiger partial charge on any atom is 0.161 e. The zero-order chi connectivity index (χ0) is 13.8. The first-order valence-electron chi connectivity index (χ1n) is 6.74. The molecule has 5 heteroatoms. The molecular formula is C15H17N3O2. The van der Waals surface area contributed by atoms with E-state index in [2.05, 4.69) is 15.5 Å². The van der Waals surface area contributed by atoms with E-state index in [4.69, 9.17) is 9.47 Å². The van der Waals surface area contributed by atoms with E-state index in [9.17, 15) is 0 Å². The normalized spacial score (nSPS) is 16.8. The molecule has 0 bridgehead atoms. The van der Waals surface area contributed by atoms with Gasteiger partial charge in [-0.05, 0) is 37.1 Å². The van der Waals surface area contributed by atoms with Gasteiger partial charge >= 0.3 is 0 Å². The molecule has 2 heterocycles. The first-order chi connectivity index (χ1) is 9.85. The zero-order valence-electron chi connectivity index (χ0n) is 11.4. The number of para-hydroxylation sites is 2. The Bertz CT molecular complexity index is 572. The number of ether oxygens (including phenoxy) is 2. The van der Waals surface area contributed by atoms with Gasteiger partial charge in [-0.2, -0.15) is 5.10 Å². The number of hydrogen-bond donors (Lipinski definition) is 1. The lowest BCUT2D eigenvalue weighted by atomic mass is 10.1. The maximum atomic E-state index is 5.91. The van der Waals surface area contributed by atoms with Crippen molar-refractivity contribution < 1.29 is 9.47 Å². The number of rotatable bonds is 4. The fraction of sp³-hybridized carbons (Fsp3) is 0.333. The minimum atomic E-state index is 0.0654. The van der Waals surface area contributed by atoms with Crippen LogP contribution in [0.1, 0.15) is 12.1 Å². The van der Waals surface area contributed by atoms with E-state index in [0.29, 0.717) is 6.61 Å². The average molecular weight is 271 g/mol. The van der Waals surface area contributed by atoms with Gasteiger partial charge in [0.15, 0.2) is 11.5 Å². The minimum absolute atomic E-state index is 0.0654. The van der Waals surface area contributed by atoms with Gasteiger partial charge in [-0.3, -0.25) is 0 Å². The molecule has 0 spiro atoms. The third kappa shape index (κ3) is 2.82. The topological polar surface area (TPSA) is 56.3 Å². The second kappa shape index (κ2) is 5.77. The summed E-state index contributed by atoms with van der Waals surface area (Å²) in [6.07, 6.45) is 1.76. The monoisotopic (exact) mass is 271 g/mol. The van der Waals surface area contributed by atoms with Gasteiger partial charge in [-0.1, -0.05) is 12.1 Å². The van der Waals surface area contributed by atoms with Gasteiger partial charge < -0.3 is 14.8 Å². The highest BCUT2D eigenvalue weighted by Gasteiger charge is 2.20. The van der Waals surface area contributed by atoms with Crippen molar-refractivity contribution in [3.63, 3.8) is 0 Å². The second-order valence-corrected chi connectivity index (χ2v) is 4.70. The summed E-state index contributed by atoms with van der Waals surface area (Å²) in [6, 6.07) is 11.7. The molecule has 0 radical (unpaired) electrons. The Morgan fingerprint density at radius 3 is 2.75 bits per heavy atom.